The zero-order valence-electron chi connectivity index (χ0n) is 16.4. The van der Waals surface area contributed by atoms with Gasteiger partial charge < -0.3 is 14.5 Å². The molecule has 0 N–H and O–H groups in total. The highest BCUT2D eigenvalue weighted by Crippen LogP contribution is 2.16. The summed E-state index contributed by atoms with van der Waals surface area (Å²) in [6.07, 6.45) is 4.10. The highest BCUT2D eigenvalue weighted by atomic mass is 16.5. The van der Waals surface area contributed by atoms with Crippen molar-refractivity contribution in [2.75, 3.05) is 52.4 Å². The molecule has 2 saturated heterocycles. The Kier molecular flexibility index (Phi) is 7.10. The molecule has 0 spiro atoms. The summed E-state index contributed by atoms with van der Waals surface area (Å²) in [6, 6.07) is 7.74. The monoisotopic (exact) mass is 373 g/mol. The van der Waals surface area contributed by atoms with Crippen molar-refractivity contribution in [2.24, 2.45) is 0 Å². The van der Waals surface area contributed by atoms with Crippen LogP contribution in [0.5, 0.6) is 5.75 Å². The van der Waals surface area contributed by atoms with Crippen molar-refractivity contribution < 1.29 is 14.3 Å². The lowest BCUT2D eigenvalue weighted by atomic mass is 10.1. The lowest BCUT2D eigenvalue weighted by molar-refractivity contribution is -0.136. The Morgan fingerprint density at radius 1 is 0.889 bits per heavy atom. The summed E-state index contributed by atoms with van der Waals surface area (Å²) < 4.78 is 5.67. The van der Waals surface area contributed by atoms with Gasteiger partial charge in [-0.3, -0.25) is 14.5 Å². The van der Waals surface area contributed by atoms with Gasteiger partial charge >= 0.3 is 0 Å². The maximum atomic E-state index is 12.4. The van der Waals surface area contributed by atoms with Gasteiger partial charge in [-0.05, 0) is 37.8 Å². The van der Waals surface area contributed by atoms with Crippen LogP contribution in [0.1, 0.15) is 31.2 Å². The number of para-hydroxylation sites is 1. The van der Waals surface area contributed by atoms with Crippen LogP contribution in [0.4, 0.5) is 0 Å². The molecule has 27 heavy (non-hydrogen) atoms. The Morgan fingerprint density at radius 3 is 2.26 bits per heavy atom. The molecule has 2 fully saturated rings. The summed E-state index contributed by atoms with van der Waals surface area (Å²) in [5.74, 6) is 1.07. The number of benzene rings is 1. The minimum absolute atomic E-state index is 0.0299. The minimum atomic E-state index is 0.0299. The maximum Gasteiger partial charge on any atom is 0.260 e. The van der Waals surface area contributed by atoms with Gasteiger partial charge in [0.25, 0.3) is 5.91 Å². The van der Waals surface area contributed by atoms with Crippen molar-refractivity contribution in [3.63, 3.8) is 0 Å². The van der Waals surface area contributed by atoms with E-state index in [9.17, 15) is 9.59 Å². The fourth-order valence-electron chi connectivity index (χ4n) is 3.73. The minimum Gasteiger partial charge on any atom is -0.484 e. The highest BCUT2D eigenvalue weighted by Gasteiger charge is 2.23. The number of carbonyl (C=O) groups is 2. The van der Waals surface area contributed by atoms with Gasteiger partial charge in [0, 0.05) is 52.2 Å². The summed E-state index contributed by atoms with van der Waals surface area (Å²) in [5.41, 5.74) is 1.04. The molecule has 6 heteroatoms. The van der Waals surface area contributed by atoms with Gasteiger partial charge in [0.05, 0.1) is 0 Å². The molecule has 0 aliphatic carbocycles. The van der Waals surface area contributed by atoms with Gasteiger partial charge in [-0.2, -0.15) is 0 Å². The molecular weight excluding hydrogens is 342 g/mol. The van der Waals surface area contributed by atoms with Gasteiger partial charge in [-0.15, -0.1) is 0 Å². The van der Waals surface area contributed by atoms with Crippen LogP contribution < -0.4 is 4.74 Å². The molecule has 0 saturated carbocycles. The van der Waals surface area contributed by atoms with E-state index in [1.54, 1.807) is 0 Å². The number of amides is 2. The Balaban J connectivity index is 1.35. The lowest BCUT2D eigenvalue weighted by Gasteiger charge is -2.35. The van der Waals surface area contributed by atoms with E-state index in [4.69, 9.17) is 4.74 Å². The molecule has 2 aliphatic heterocycles. The second-order valence-corrected chi connectivity index (χ2v) is 7.47. The third-order valence-electron chi connectivity index (χ3n) is 5.52. The van der Waals surface area contributed by atoms with E-state index in [0.29, 0.717) is 19.5 Å². The van der Waals surface area contributed by atoms with E-state index in [0.717, 1.165) is 56.9 Å². The van der Waals surface area contributed by atoms with E-state index in [1.165, 1.54) is 6.42 Å². The average Bonchev–Trinajstić information content (AvgIpc) is 2.72. The van der Waals surface area contributed by atoms with Gasteiger partial charge in [-0.1, -0.05) is 18.2 Å². The molecule has 0 aromatic heterocycles. The maximum absolute atomic E-state index is 12.4. The predicted octanol–water partition coefficient (Wildman–Crippen LogP) is 1.92. The number of hydrogen-bond acceptors (Lipinski definition) is 4. The normalized spacial score (nSPS) is 18.4. The number of carbonyl (C=O) groups excluding carboxylic acids is 2. The SMILES string of the molecule is Cc1ccccc1OCC(=O)N1CCN(CCC(=O)N2CCCCC2)CC1. The topological polar surface area (TPSA) is 53.1 Å². The molecule has 1 aromatic rings. The second kappa shape index (κ2) is 9.74. The molecule has 2 amide bonds. The van der Waals surface area contributed by atoms with Gasteiger partial charge in [0.1, 0.15) is 5.75 Å². The number of piperazine rings is 1. The van der Waals surface area contributed by atoms with Crippen molar-refractivity contribution in [1.29, 1.82) is 0 Å². The van der Waals surface area contributed by atoms with Crippen LogP contribution in [-0.2, 0) is 9.59 Å². The largest absolute Gasteiger partial charge is 0.484 e. The smallest absolute Gasteiger partial charge is 0.260 e. The molecule has 0 atom stereocenters. The quantitative estimate of drug-likeness (QED) is 0.765. The van der Waals surface area contributed by atoms with E-state index in [-0.39, 0.29) is 18.4 Å². The highest BCUT2D eigenvalue weighted by molar-refractivity contribution is 5.78. The van der Waals surface area contributed by atoms with Crippen LogP contribution >= 0.6 is 0 Å². The number of hydrogen-bond donors (Lipinski definition) is 0. The Labute approximate surface area is 162 Å². The molecule has 3 rings (SSSR count). The number of aryl methyl sites for hydroxylation is 1. The summed E-state index contributed by atoms with van der Waals surface area (Å²) in [6.45, 7) is 7.73. The Bertz CT molecular complexity index is 635. The number of nitrogens with zero attached hydrogens (tertiary/aromatic N) is 3. The second-order valence-electron chi connectivity index (χ2n) is 7.47. The van der Waals surface area contributed by atoms with E-state index < -0.39 is 0 Å². The first kappa shape index (κ1) is 19.7. The zero-order valence-corrected chi connectivity index (χ0v) is 16.4. The first-order valence-electron chi connectivity index (χ1n) is 10.1. The van der Waals surface area contributed by atoms with Crippen LogP contribution in [0.25, 0.3) is 0 Å². The Morgan fingerprint density at radius 2 is 1.56 bits per heavy atom. The van der Waals surface area contributed by atoms with Crippen molar-refractivity contribution >= 4 is 11.8 Å². The van der Waals surface area contributed by atoms with Crippen molar-refractivity contribution in [1.82, 2.24) is 14.7 Å². The number of likely N-dealkylation sites (tertiary alicyclic amines) is 1. The van der Waals surface area contributed by atoms with Crippen LogP contribution in [0, 0.1) is 6.92 Å². The summed E-state index contributed by atoms with van der Waals surface area (Å²) >= 11 is 0. The number of piperidine rings is 1. The third kappa shape index (κ3) is 5.70. The molecule has 2 heterocycles. The van der Waals surface area contributed by atoms with E-state index in [2.05, 4.69) is 4.90 Å². The molecule has 2 aliphatic rings. The van der Waals surface area contributed by atoms with E-state index >= 15 is 0 Å². The first-order chi connectivity index (χ1) is 13.1. The molecule has 0 radical (unpaired) electrons. The summed E-state index contributed by atoms with van der Waals surface area (Å²) in [4.78, 5) is 30.8. The van der Waals surface area contributed by atoms with E-state index in [1.807, 2.05) is 41.0 Å². The molecule has 0 bridgehead atoms. The standard InChI is InChI=1S/C21H31N3O3/c1-18-7-3-4-8-19(18)27-17-21(26)24-15-13-22(14-16-24)12-9-20(25)23-10-5-2-6-11-23/h3-4,7-8H,2,5-6,9-17H2,1H3. The Hall–Kier alpha value is -2.08. The van der Waals surface area contributed by atoms with Crippen LogP contribution in [0.15, 0.2) is 24.3 Å². The van der Waals surface area contributed by atoms with Crippen molar-refractivity contribution in [3.05, 3.63) is 29.8 Å². The number of rotatable bonds is 6. The molecule has 6 nitrogen and oxygen atoms in total. The zero-order chi connectivity index (χ0) is 19.1. The fourth-order valence-corrected chi connectivity index (χ4v) is 3.73. The predicted molar refractivity (Wildman–Crippen MR) is 105 cm³/mol. The average molecular weight is 373 g/mol. The van der Waals surface area contributed by atoms with Crippen LogP contribution in [-0.4, -0.2) is 78.9 Å². The molecule has 1 aromatic carbocycles. The fraction of sp³-hybridized carbons (Fsp3) is 0.619. The van der Waals surface area contributed by atoms with Gasteiger partial charge in [-0.25, -0.2) is 0 Å². The lowest BCUT2D eigenvalue weighted by Crippen LogP contribution is -2.50. The van der Waals surface area contributed by atoms with Crippen LogP contribution in [0.2, 0.25) is 0 Å². The first-order valence-corrected chi connectivity index (χ1v) is 10.1. The molecule has 0 unspecified atom stereocenters. The molecule has 148 valence electrons. The van der Waals surface area contributed by atoms with Crippen LogP contribution in [0.3, 0.4) is 0 Å². The summed E-state index contributed by atoms with van der Waals surface area (Å²) in [5, 5.41) is 0. The molecular formula is C21H31N3O3. The summed E-state index contributed by atoms with van der Waals surface area (Å²) in [7, 11) is 0. The third-order valence-corrected chi connectivity index (χ3v) is 5.52. The van der Waals surface area contributed by atoms with Gasteiger partial charge in [0.15, 0.2) is 6.61 Å². The van der Waals surface area contributed by atoms with Gasteiger partial charge in [0.2, 0.25) is 5.91 Å². The van der Waals surface area contributed by atoms with Crippen molar-refractivity contribution in [2.45, 2.75) is 32.6 Å². The number of ether oxygens (including phenoxy) is 1. The van der Waals surface area contributed by atoms with Crippen molar-refractivity contribution in [3.8, 4) is 5.75 Å².